The lowest BCUT2D eigenvalue weighted by Gasteiger charge is -2.34. The van der Waals surface area contributed by atoms with Gasteiger partial charge in [-0.1, -0.05) is 35.9 Å². The van der Waals surface area contributed by atoms with Gasteiger partial charge in [-0.15, -0.1) is 0 Å². The Morgan fingerprint density at radius 3 is 2.27 bits per heavy atom. The lowest BCUT2D eigenvalue weighted by atomic mass is 10.1. The maximum Gasteiger partial charge on any atom is 0.248 e. The summed E-state index contributed by atoms with van der Waals surface area (Å²) in [5, 5.41) is 3.48. The third-order valence-corrected chi connectivity index (χ3v) is 5.59. The van der Waals surface area contributed by atoms with Crippen molar-refractivity contribution in [1.82, 2.24) is 14.9 Å². The van der Waals surface area contributed by atoms with Crippen LogP contribution >= 0.6 is 11.6 Å². The number of hydrogen-bond donors (Lipinski definition) is 1. The van der Waals surface area contributed by atoms with E-state index in [2.05, 4.69) is 20.2 Å². The Bertz CT molecular complexity index is 1110. The van der Waals surface area contributed by atoms with Crippen molar-refractivity contribution in [2.45, 2.75) is 6.42 Å². The van der Waals surface area contributed by atoms with Crippen molar-refractivity contribution in [1.29, 1.82) is 0 Å². The fourth-order valence-corrected chi connectivity index (χ4v) is 3.66. The second kappa shape index (κ2) is 10.7. The van der Waals surface area contributed by atoms with Crippen LogP contribution in [0.4, 0.5) is 11.6 Å². The zero-order valence-electron chi connectivity index (χ0n) is 18.0. The van der Waals surface area contributed by atoms with Crippen molar-refractivity contribution in [3.63, 3.8) is 0 Å². The number of piperazine rings is 1. The van der Waals surface area contributed by atoms with Crippen LogP contribution in [0, 0.1) is 0 Å². The van der Waals surface area contributed by atoms with Gasteiger partial charge in [0.05, 0.1) is 6.42 Å². The van der Waals surface area contributed by atoms with Gasteiger partial charge in [0, 0.05) is 55.4 Å². The highest BCUT2D eigenvalue weighted by Gasteiger charge is 2.22. The Balaban J connectivity index is 1.25. The minimum Gasteiger partial charge on any atom is -0.339 e. The molecule has 1 saturated heterocycles. The molecule has 0 spiro atoms. The average Bonchev–Trinajstić information content (AvgIpc) is 2.85. The van der Waals surface area contributed by atoms with Gasteiger partial charge in [0.15, 0.2) is 0 Å². The summed E-state index contributed by atoms with van der Waals surface area (Å²) in [7, 11) is 0. The van der Waals surface area contributed by atoms with Crippen LogP contribution in [-0.4, -0.2) is 52.9 Å². The molecule has 0 atom stereocenters. The summed E-state index contributed by atoms with van der Waals surface area (Å²) >= 11 is 5.87. The molecule has 7 nitrogen and oxygen atoms in total. The molecule has 0 unspecified atom stereocenters. The van der Waals surface area contributed by atoms with Crippen LogP contribution in [0.25, 0.3) is 6.08 Å². The van der Waals surface area contributed by atoms with Gasteiger partial charge in [0.1, 0.15) is 0 Å². The van der Waals surface area contributed by atoms with E-state index in [-0.39, 0.29) is 11.8 Å². The molecule has 0 saturated carbocycles. The number of benzene rings is 2. The van der Waals surface area contributed by atoms with E-state index in [1.807, 2.05) is 29.2 Å². The van der Waals surface area contributed by atoms with E-state index in [1.165, 1.54) is 6.08 Å². The van der Waals surface area contributed by atoms with Crippen LogP contribution in [0.5, 0.6) is 0 Å². The predicted molar refractivity (Wildman–Crippen MR) is 130 cm³/mol. The number of carbonyl (C=O) groups is 2. The SMILES string of the molecule is O=C(/C=C/c1ccc(Cl)cc1)Nc1ccc(CC(=O)N2CCN(c3ncccn3)CC2)cc1. The van der Waals surface area contributed by atoms with E-state index < -0.39 is 0 Å². The molecule has 2 aromatic carbocycles. The number of nitrogens with one attached hydrogen (secondary N) is 1. The fraction of sp³-hybridized carbons (Fsp3) is 0.200. The normalized spacial score (nSPS) is 13.8. The highest BCUT2D eigenvalue weighted by molar-refractivity contribution is 6.30. The van der Waals surface area contributed by atoms with Gasteiger partial charge < -0.3 is 15.1 Å². The molecule has 0 bridgehead atoms. The summed E-state index contributed by atoms with van der Waals surface area (Å²) in [6, 6.07) is 16.4. The number of nitrogens with zero attached hydrogens (tertiary/aromatic N) is 4. The van der Waals surface area contributed by atoms with Crippen molar-refractivity contribution in [3.05, 3.63) is 89.2 Å². The van der Waals surface area contributed by atoms with Crippen LogP contribution < -0.4 is 10.2 Å². The number of rotatable bonds is 6. The summed E-state index contributed by atoms with van der Waals surface area (Å²) in [5.74, 6) is 0.561. The molecule has 0 aliphatic carbocycles. The number of anilines is 2. The standard InChI is InChI=1S/C25H24ClN5O2/c26-21-7-2-19(3-8-21)6-11-23(32)29-22-9-4-20(5-10-22)18-24(33)30-14-16-31(17-15-30)25-27-12-1-13-28-25/h1-13H,14-18H2,(H,29,32)/b11-6+. The summed E-state index contributed by atoms with van der Waals surface area (Å²) in [6.45, 7) is 2.71. The summed E-state index contributed by atoms with van der Waals surface area (Å²) in [4.78, 5) is 37.4. The maximum atomic E-state index is 12.7. The molecule has 33 heavy (non-hydrogen) atoms. The van der Waals surface area contributed by atoms with E-state index in [0.717, 1.165) is 11.1 Å². The zero-order chi connectivity index (χ0) is 23.0. The van der Waals surface area contributed by atoms with Crippen LogP contribution in [0.2, 0.25) is 5.02 Å². The summed E-state index contributed by atoms with van der Waals surface area (Å²) in [5.41, 5.74) is 2.47. The summed E-state index contributed by atoms with van der Waals surface area (Å²) in [6.07, 6.45) is 6.97. The lowest BCUT2D eigenvalue weighted by Crippen LogP contribution is -2.49. The summed E-state index contributed by atoms with van der Waals surface area (Å²) < 4.78 is 0. The zero-order valence-corrected chi connectivity index (χ0v) is 18.8. The van der Waals surface area contributed by atoms with E-state index in [4.69, 9.17) is 11.6 Å². The maximum absolute atomic E-state index is 12.7. The number of halogens is 1. The van der Waals surface area contributed by atoms with Crippen LogP contribution in [-0.2, 0) is 16.0 Å². The molecule has 1 aliphatic rings. The van der Waals surface area contributed by atoms with Crippen molar-refractivity contribution in [2.75, 3.05) is 36.4 Å². The number of aromatic nitrogens is 2. The van der Waals surface area contributed by atoms with Crippen molar-refractivity contribution in [3.8, 4) is 0 Å². The van der Waals surface area contributed by atoms with E-state index in [0.29, 0.717) is 49.3 Å². The predicted octanol–water partition coefficient (Wildman–Crippen LogP) is 3.67. The van der Waals surface area contributed by atoms with Crippen molar-refractivity contribution >= 4 is 41.1 Å². The smallest absolute Gasteiger partial charge is 0.248 e. The molecule has 1 fully saturated rings. The van der Waals surface area contributed by atoms with Gasteiger partial charge >= 0.3 is 0 Å². The quantitative estimate of drug-likeness (QED) is 0.566. The van der Waals surface area contributed by atoms with Crippen LogP contribution in [0.15, 0.2) is 73.1 Å². The number of amides is 2. The molecule has 2 amide bonds. The van der Waals surface area contributed by atoms with Gasteiger partial charge in [0.25, 0.3) is 0 Å². The molecule has 8 heteroatoms. The molecule has 168 valence electrons. The van der Waals surface area contributed by atoms with Crippen LogP contribution in [0.3, 0.4) is 0 Å². The topological polar surface area (TPSA) is 78.4 Å². The number of carbonyl (C=O) groups excluding carboxylic acids is 2. The fourth-order valence-electron chi connectivity index (χ4n) is 3.53. The highest BCUT2D eigenvalue weighted by atomic mass is 35.5. The van der Waals surface area contributed by atoms with Crippen LogP contribution in [0.1, 0.15) is 11.1 Å². The molecule has 1 N–H and O–H groups in total. The molecule has 0 radical (unpaired) electrons. The van der Waals surface area contributed by atoms with Crippen molar-refractivity contribution < 1.29 is 9.59 Å². The molecule has 4 rings (SSSR count). The Kier molecular flexibility index (Phi) is 7.32. The first-order chi connectivity index (χ1) is 16.1. The molecule has 1 aromatic heterocycles. The first-order valence-corrected chi connectivity index (χ1v) is 11.1. The largest absolute Gasteiger partial charge is 0.339 e. The monoisotopic (exact) mass is 461 g/mol. The van der Waals surface area contributed by atoms with Gasteiger partial charge in [-0.3, -0.25) is 9.59 Å². The second-order valence-electron chi connectivity index (χ2n) is 7.66. The Morgan fingerprint density at radius 2 is 1.61 bits per heavy atom. The lowest BCUT2D eigenvalue weighted by molar-refractivity contribution is -0.130. The second-order valence-corrected chi connectivity index (χ2v) is 8.10. The van der Waals surface area contributed by atoms with Crippen molar-refractivity contribution in [2.24, 2.45) is 0 Å². The molecular weight excluding hydrogens is 438 g/mol. The third-order valence-electron chi connectivity index (χ3n) is 5.34. The minimum absolute atomic E-state index is 0.0892. The Hall–Kier alpha value is -3.71. The van der Waals surface area contributed by atoms with E-state index in [1.54, 1.807) is 48.8 Å². The van der Waals surface area contributed by atoms with Gasteiger partial charge in [0.2, 0.25) is 17.8 Å². The first kappa shape index (κ1) is 22.5. The minimum atomic E-state index is -0.228. The highest BCUT2D eigenvalue weighted by Crippen LogP contribution is 2.14. The molecular formula is C25H24ClN5O2. The van der Waals surface area contributed by atoms with E-state index >= 15 is 0 Å². The Labute approximate surface area is 197 Å². The third kappa shape index (κ3) is 6.40. The first-order valence-electron chi connectivity index (χ1n) is 10.7. The van der Waals surface area contributed by atoms with Gasteiger partial charge in [-0.2, -0.15) is 0 Å². The molecule has 2 heterocycles. The molecule has 3 aromatic rings. The average molecular weight is 462 g/mol. The van der Waals surface area contributed by atoms with Gasteiger partial charge in [-0.05, 0) is 47.5 Å². The van der Waals surface area contributed by atoms with E-state index in [9.17, 15) is 9.59 Å². The number of hydrogen-bond acceptors (Lipinski definition) is 5. The van der Waals surface area contributed by atoms with Gasteiger partial charge in [-0.25, -0.2) is 9.97 Å². The molecule has 1 aliphatic heterocycles. The Morgan fingerprint density at radius 1 is 0.939 bits per heavy atom.